The van der Waals surface area contributed by atoms with Gasteiger partial charge in [0.25, 0.3) is 0 Å². The van der Waals surface area contributed by atoms with Crippen LogP contribution in [-0.2, 0) is 0 Å². The van der Waals surface area contributed by atoms with Gasteiger partial charge in [0, 0.05) is 0 Å². The predicted molar refractivity (Wildman–Crippen MR) is 70.1 cm³/mol. The number of nitrogens with zero attached hydrogens (tertiary/aromatic N) is 1. The first kappa shape index (κ1) is 13.8. The average molecular weight is 278 g/mol. The van der Waals surface area contributed by atoms with Crippen molar-refractivity contribution in [2.24, 2.45) is 10.9 Å². The van der Waals surface area contributed by atoms with Gasteiger partial charge in [0.1, 0.15) is 11.6 Å². The maximum Gasteiger partial charge on any atom is 0.176 e. The van der Waals surface area contributed by atoms with Gasteiger partial charge in [-0.25, -0.2) is 8.78 Å². The van der Waals surface area contributed by atoms with E-state index in [0.29, 0.717) is 0 Å². The molecule has 0 radical (unpaired) electrons. The summed E-state index contributed by atoms with van der Waals surface area (Å²) in [5.74, 6) is -1.88. The van der Waals surface area contributed by atoms with E-state index in [1.165, 1.54) is 24.3 Å². The summed E-state index contributed by atoms with van der Waals surface area (Å²) >= 11 is 0. The summed E-state index contributed by atoms with van der Waals surface area (Å²) in [6.45, 7) is 1.77. The normalized spacial score (nSPS) is 11.4. The lowest BCUT2D eigenvalue weighted by Gasteiger charge is -2.12. The lowest BCUT2D eigenvalue weighted by atomic mass is 10.1. The van der Waals surface area contributed by atoms with Crippen LogP contribution in [-0.4, -0.2) is 11.0 Å². The fourth-order valence-corrected chi connectivity index (χ4v) is 1.70. The van der Waals surface area contributed by atoms with Crippen molar-refractivity contribution >= 4 is 5.84 Å². The summed E-state index contributed by atoms with van der Waals surface area (Å²) in [4.78, 5) is 0. The molecule has 0 saturated carbocycles. The van der Waals surface area contributed by atoms with Gasteiger partial charge in [-0.1, -0.05) is 17.3 Å². The van der Waals surface area contributed by atoms with Gasteiger partial charge in [-0.05, 0) is 36.8 Å². The van der Waals surface area contributed by atoms with Gasteiger partial charge < -0.3 is 15.7 Å². The molecule has 2 rings (SSSR count). The number of rotatable bonds is 3. The molecule has 2 aromatic carbocycles. The van der Waals surface area contributed by atoms with Crippen LogP contribution < -0.4 is 10.5 Å². The van der Waals surface area contributed by atoms with Crippen LogP contribution >= 0.6 is 0 Å². The quantitative estimate of drug-likeness (QED) is 0.392. The molecule has 0 saturated heterocycles. The number of oxime groups is 1. The van der Waals surface area contributed by atoms with Crippen LogP contribution in [0.4, 0.5) is 8.78 Å². The zero-order valence-corrected chi connectivity index (χ0v) is 10.6. The molecule has 0 aliphatic rings. The van der Waals surface area contributed by atoms with Crippen LogP contribution in [0.2, 0.25) is 0 Å². The van der Waals surface area contributed by atoms with Crippen molar-refractivity contribution in [2.45, 2.75) is 6.92 Å². The van der Waals surface area contributed by atoms with E-state index in [0.717, 1.165) is 11.6 Å². The van der Waals surface area contributed by atoms with Gasteiger partial charge in [-0.3, -0.25) is 0 Å². The number of ether oxygens (including phenoxy) is 1. The van der Waals surface area contributed by atoms with E-state index in [4.69, 9.17) is 15.7 Å². The minimum absolute atomic E-state index is 0.0372. The summed E-state index contributed by atoms with van der Waals surface area (Å²) in [5, 5.41) is 11.4. The molecule has 0 amide bonds. The Morgan fingerprint density at radius 1 is 1.15 bits per heavy atom. The third kappa shape index (κ3) is 2.69. The zero-order chi connectivity index (χ0) is 14.7. The number of hydrogen-bond acceptors (Lipinski definition) is 3. The average Bonchev–Trinajstić information content (AvgIpc) is 2.42. The van der Waals surface area contributed by atoms with Gasteiger partial charge in [0.2, 0.25) is 0 Å². The Hall–Kier alpha value is -2.63. The highest BCUT2D eigenvalue weighted by atomic mass is 19.1. The van der Waals surface area contributed by atoms with Crippen molar-refractivity contribution < 1.29 is 18.7 Å². The van der Waals surface area contributed by atoms with Gasteiger partial charge in [-0.15, -0.1) is 0 Å². The molecule has 0 aliphatic carbocycles. The van der Waals surface area contributed by atoms with Crippen molar-refractivity contribution in [1.82, 2.24) is 0 Å². The molecule has 0 aromatic heterocycles. The van der Waals surface area contributed by atoms with E-state index in [9.17, 15) is 8.78 Å². The number of nitrogens with two attached hydrogens (primary N) is 1. The smallest absolute Gasteiger partial charge is 0.176 e. The molecule has 20 heavy (non-hydrogen) atoms. The Kier molecular flexibility index (Phi) is 3.84. The first-order valence-corrected chi connectivity index (χ1v) is 5.73. The second-order valence-electron chi connectivity index (χ2n) is 4.13. The molecule has 0 heterocycles. The SMILES string of the molecule is Cc1ccc(F)c(Oc2cccc(F)c2C(N)=NO)c1. The summed E-state index contributed by atoms with van der Waals surface area (Å²) in [5.41, 5.74) is 5.96. The Balaban J connectivity index is 2.49. The second-order valence-corrected chi connectivity index (χ2v) is 4.13. The summed E-state index contributed by atoms with van der Waals surface area (Å²) < 4.78 is 32.7. The van der Waals surface area contributed by atoms with Crippen LogP contribution in [0.15, 0.2) is 41.6 Å². The lowest BCUT2D eigenvalue weighted by molar-refractivity contribution is 0.318. The number of hydrogen-bond donors (Lipinski definition) is 2. The highest BCUT2D eigenvalue weighted by molar-refractivity contribution is 5.99. The minimum Gasteiger partial charge on any atom is -0.453 e. The van der Waals surface area contributed by atoms with Crippen LogP contribution in [0.5, 0.6) is 11.5 Å². The van der Waals surface area contributed by atoms with E-state index >= 15 is 0 Å². The Labute approximate surface area is 114 Å². The van der Waals surface area contributed by atoms with Crippen molar-refractivity contribution in [2.75, 3.05) is 0 Å². The van der Waals surface area contributed by atoms with E-state index in [1.54, 1.807) is 13.0 Å². The molecule has 0 bridgehead atoms. The van der Waals surface area contributed by atoms with Gasteiger partial charge in [0.15, 0.2) is 17.4 Å². The zero-order valence-electron chi connectivity index (χ0n) is 10.6. The highest BCUT2D eigenvalue weighted by Gasteiger charge is 2.16. The summed E-state index contributed by atoms with van der Waals surface area (Å²) in [6, 6.07) is 8.21. The first-order chi connectivity index (χ1) is 9.52. The Bertz CT molecular complexity index is 672. The molecule has 0 fully saturated rings. The van der Waals surface area contributed by atoms with Crippen LogP contribution in [0, 0.1) is 18.6 Å². The molecular formula is C14H12F2N2O2. The van der Waals surface area contributed by atoms with E-state index in [-0.39, 0.29) is 17.1 Å². The van der Waals surface area contributed by atoms with Crippen molar-refractivity contribution in [1.29, 1.82) is 0 Å². The molecule has 6 heteroatoms. The second kappa shape index (κ2) is 5.56. The molecule has 2 aromatic rings. The standard InChI is InChI=1S/C14H12F2N2O2/c1-8-5-6-9(15)12(7-8)20-11-4-2-3-10(16)13(11)14(17)18-19/h2-7,19H,1H3,(H2,17,18). The Morgan fingerprint density at radius 3 is 2.60 bits per heavy atom. The fourth-order valence-electron chi connectivity index (χ4n) is 1.70. The van der Waals surface area contributed by atoms with E-state index in [1.807, 2.05) is 0 Å². The van der Waals surface area contributed by atoms with Gasteiger partial charge >= 0.3 is 0 Å². The number of halogens is 2. The monoisotopic (exact) mass is 278 g/mol. The van der Waals surface area contributed by atoms with Crippen molar-refractivity contribution in [3.63, 3.8) is 0 Å². The maximum absolute atomic E-state index is 13.7. The van der Waals surface area contributed by atoms with E-state index in [2.05, 4.69) is 5.16 Å². The number of benzene rings is 2. The van der Waals surface area contributed by atoms with Crippen LogP contribution in [0.25, 0.3) is 0 Å². The largest absolute Gasteiger partial charge is 0.453 e. The lowest BCUT2D eigenvalue weighted by Crippen LogP contribution is -2.16. The molecule has 0 spiro atoms. The Morgan fingerprint density at radius 2 is 1.90 bits per heavy atom. The minimum atomic E-state index is -0.731. The van der Waals surface area contributed by atoms with Crippen molar-refractivity contribution in [3.05, 3.63) is 59.2 Å². The topological polar surface area (TPSA) is 67.8 Å². The molecule has 0 unspecified atom stereocenters. The molecule has 4 nitrogen and oxygen atoms in total. The predicted octanol–water partition coefficient (Wildman–Crippen LogP) is 3.16. The van der Waals surface area contributed by atoms with Gasteiger partial charge in [0.05, 0.1) is 5.56 Å². The molecule has 0 atom stereocenters. The maximum atomic E-state index is 13.7. The summed E-state index contributed by atoms with van der Waals surface area (Å²) in [6.07, 6.45) is 0. The molecule has 3 N–H and O–H groups in total. The highest BCUT2D eigenvalue weighted by Crippen LogP contribution is 2.29. The third-order valence-electron chi connectivity index (χ3n) is 2.65. The third-order valence-corrected chi connectivity index (χ3v) is 2.65. The first-order valence-electron chi connectivity index (χ1n) is 5.73. The fraction of sp³-hybridized carbons (Fsp3) is 0.0714. The number of aryl methyl sites for hydroxylation is 1. The number of amidine groups is 1. The van der Waals surface area contributed by atoms with Gasteiger partial charge in [-0.2, -0.15) is 0 Å². The molecular weight excluding hydrogens is 266 g/mol. The van der Waals surface area contributed by atoms with Crippen LogP contribution in [0.3, 0.4) is 0 Å². The molecule has 104 valence electrons. The van der Waals surface area contributed by atoms with Crippen molar-refractivity contribution in [3.8, 4) is 11.5 Å². The summed E-state index contributed by atoms with van der Waals surface area (Å²) in [7, 11) is 0. The van der Waals surface area contributed by atoms with E-state index < -0.39 is 17.5 Å². The molecule has 0 aliphatic heterocycles. The van der Waals surface area contributed by atoms with Crippen LogP contribution in [0.1, 0.15) is 11.1 Å².